The summed E-state index contributed by atoms with van der Waals surface area (Å²) in [5.41, 5.74) is 2.54. The maximum absolute atomic E-state index is 6.11. The molecule has 0 saturated heterocycles. The normalized spacial score (nSPS) is 16.9. The van der Waals surface area contributed by atoms with Crippen molar-refractivity contribution in [3.8, 4) is 11.5 Å². The van der Waals surface area contributed by atoms with Crippen LogP contribution in [0.1, 0.15) is 29.5 Å². The number of hydrogen-bond acceptors (Lipinski definition) is 3. The maximum atomic E-state index is 6.11. The van der Waals surface area contributed by atoms with Crippen molar-refractivity contribution in [1.29, 1.82) is 0 Å². The van der Waals surface area contributed by atoms with Crippen molar-refractivity contribution in [2.75, 3.05) is 6.54 Å². The minimum Gasteiger partial charge on any atom is -0.468 e. The number of nitrogens with zero attached hydrogens (tertiary/aromatic N) is 2. The van der Waals surface area contributed by atoms with Crippen LogP contribution in [0.2, 0.25) is 0 Å². The maximum Gasteiger partial charge on any atom is 0.127 e. The van der Waals surface area contributed by atoms with Crippen molar-refractivity contribution in [2.24, 2.45) is 0 Å². The van der Waals surface area contributed by atoms with Crippen molar-refractivity contribution in [3.63, 3.8) is 0 Å². The largest absolute Gasteiger partial charge is 0.468 e. The van der Waals surface area contributed by atoms with Crippen molar-refractivity contribution in [1.82, 2.24) is 9.47 Å². The number of rotatable bonds is 5. The lowest BCUT2D eigenvalue weighted by atomic mass is 10.0. The van der Waals surface area contributed by atoms with E-state index in [1.54, 1.807) is 6.26 Å². The van der Waals surface area contributed by atoms with Gasteiger partial charge < -0.3 is 13.7 Å². The third kappa shape index (κ3) is 3.84. The Kier molecular flexibility index (Phi) is 4.93. The van der Waals surface area contributed by atoms with Crippen molar-refractivity contribution >= 4 is 0 Å². The fourth-order valence-corrected chi connectivity index (χ4v) is 4.17. The van der Waals surface area contributed by atoms with Gasteiger partial charge in [-0.1, -0.05) is 30.3 Å². The Morgan fingerprint density at radius 2 is 1.76 bits per heavy atom. The molecular formula is C25H24N2O2. The number of benzene rings is 2. The van der Waals surface area contributed by atoms with Crippen LogP contribution in [-0.2, 0) is 13.1 Å². The van der Waals surface area contributed by atoms with Crippen molar-refractivity contribution in [3.05, 3.63) is 108 Å². The number of hydrogen-bond donors (Lipinski definition) is 0. The van der Waals surface area contributed by atoms with E-state index in [0.29, 0.717) is 0 Å². The first-order valence-electron chi connectivity index (χ1n) is 10.1. The smallest absolute Gasteiger partial charge is 0.127 e. The summed E-state index contributed by atoms with van der Waals surface area (Å²) in [5, 5.41) is 0. The monoisotopic (exact) mass is 384 g/mol. The minimum absolute atomic E-state index is 0.150. The Morgan fingerprint density at radius 3 is 2.62 bits per heavy atom. The van der Waals surface area contributed by atoms with Gasteiger partial charge in [-0.25, -0.2) is 0 Å². The standard InChI is InChI=1S/C25H24N2O2/c1-2-9-21(10-3-1)29-22-11-4-8-20(18-22)25-24-13-5-14-26(24)15-7-16-27(25)19-23-12-6-17-28-23/h1-6,8-14,17-18,25H,7,15-16,19H2/t25-/m0/s1. The lowest BCUT2D eigenvalue weighted by Crippen LogP contribution is -2.29. The summed E-state index contributed by atoms with van der Waals surface area (Å²) in [6, 6.07) is 26.9. The molecule has 0 N–H and O–H groups in total. The van der Waals surface area contributed by atoms with Gasteiger partial charge in [0.1, 0.15) is 17.3 Å². The molecule has 146 valence electrons. The Bertz CT molecular complexity index is 1050. The molecule has 29 heavy (non-hydrogen) atoms. The molecule has 0 aliphatic carbocycles. The number of aryl methyl sites for hydroxylation is 1. The van der Waals surface area contributed by atoms with Crippen LogP contribution in [0.25, 0.3) is 0 Å². The molecule has 0 amide bonds. The molecule has 2 aromatic carbocycles. The van der Waals surface area contributed by atoms with Crippen molar-refractivity contribution < 1.29 is 9.15 Å². The van der Waals surface area contributed by atoms with Gasteiger partial charge in [0.2, 0.25) is 0 Å². The van der Waals surface area contributed by atoms with Crippen LogP contribution in [0, 0.1) is 0 Å². The second-order valence-electron chi connectivity index (χ2n) is 7.42. The lowest BCUT2D eigenvalue weighted by Gasteiger charge is -2.30. The van der Waals surface area contributed by atoms with Gasteiger partial charge in [0.15, 0.2) is 0 Å². The summed E-state index contributed by atoms with van der Waals surface area (Å²) in [6.07, 6.45) is 5.04. The Balaban J connectivity index is 1.51. The third-order valence-corrected chi connectivity index (χ3v) is 5.45. The van der Waals surface area contributed by atoms with E-state index in [4.69, 9.17) is 9.15 Å². The van der Waals surface area contributed by atoms with E-state index in [2.05, 4.69) is 52.1 Å². The van der Waals surface area contributed by atoms with Gasteiger partial charge in [-0.15, -0.1) is 0 Å². The number of aromatic nitrogens is 1. The molecule has 0 unspecified atom stereocenters. The number of ether oxygens (including phenoxy) is 1. The van der Waals surface area contributed by atoms with E-state index in [9.17, 15) is 0 Å². The topological polar surface area (TPSA) is 30.5 Å². The predicted octanol–water partition coefficient (Wildman–Crippen LogP) is 5.87. The van der Waals surface area contributed by atoms with E-state index < -0.39 is 0 Å². The zero-order valence-corrected chi connectivity index (χ0v) is 16.3. The highest BCUT2D eigenvalue weighted by Gasteiger charge is 2.28. The molecule has 4 nitrogen and oxygen atoms in total. The van der Waals surface area contributed by atoms with Crippen LogP contribution in [0.15, 0.2) is 95.7 Å². The number of fused-ring (bicyclic) bond motifs is 1. The summed E-state index contributed by atoms with van der Waals surface area (Å²) < 4.78 is 14.1. The van der Waals surface area contributed by atoms with Gasteiger partial charge in [-0.05, 0) is 60.5 Å². The van der Waals surface area contributed by atoms with Gasteiger partial charge in [0, 0.05) is 25.0 Å². The summed E-state index contributed by atoms with van der Waals surface area (Å²) in [4.78, 5) is 2.50. The van der Waals surface area contributed by atoms with Gasteiger partial charge in [0.05, 0.1) is 18.8 Å². The van der Waals surface area contributed by atoms with Crippen LogP contribution in [0.5, 0.6) is 11.5 Å². The molecule has 1 atom stereocenters. The Labute approximate surface area is 171 Å². The van der Waals surface area contributed by atoms with E-state index in [-0.39, 0.29) is 6.04 Å². The van der Waals surface area contributed by atoms with Crippen molar-refractivity contribution in [2.45, 2.75) is 25.6 Å². The zero-order valence-electron chi connectivity index (χ0n) is 16.3. The van der Waals surface area contributed by atoms with E-state index in [1.807, 2.05) is 42.5 Å². The van der Waals surface area contributed by atoms with Crippen LogP contribution in [0.3, 0.4) is 0 Å². The third-order valence-electron chi connectivity index (χ3n) is 5.45. The summed E-state index contributed by atoms with van der Waals surface area (Å²) in [7, 11) is 0. The van der Waals surface area contributed by atoms with Gasteiger partial charge in [0.25, 0.3) is 0 Å². The van der Waals surface area contributed by atoms with E-state index in [1.165, 1.54) is 11.3 Å². The molecule has 3 heterocycles. The molecule has 1 aliphatic heterocycles. The molecule has 4 heteroatoms. The molecule has 1 aliphatic rings. The fraction of sp³-hybridized carbons (Fsp3) is 0.200. The Hall–Kier alpha value is -3.24. The average Bonchev–Trinajstić information content (AvgIpc) is 3.39. The minimum atomic E-state index is 0.150. The molecule has 0 saturated carbocycles. The quantitative estimate of drug-likeness (QED) is 0.431. The molecule has 0 bridgehead atoms. The molecule has 0 radical (unpaired) electrons. The second kappa shape index (κ2) is 8.02. The highest BCUT2D eigenvalue weighted by Crippen LogP contribution is 2.35. The molecule has 0 spiro atoms. The van der Waals surface area contributed by atoms with E-state index >= 15 is 0 Å². The summed E-state index contributed by atoms with van der Waals surface area (Å²) >= 11 is 0. The summed E-state index contributed by atoms with van der Waals surface area (Å²) in [5.74, 6) is 2.70. The van der Waals surface area contributed by atoms with Gasteiger partial charge >= 0.3 is 0 Å². The fourth-order valence-electron chi connectivity index (χ4n) is 4.17. The number of furan rings is 1. The van der Waals surface area contributed by atoms with Gasteiger partial charge in [-0.2, -0.15) is 0 Å². The highest BCUT2D eigenvalue weighted by molar-refractivity contribution is 5.38. The first-order chi connectivity index (χ1) is 14.4. The Morgan fingerprint density at radius 1 is 0.862 bits per heavy atom. The van der Waals surface area contributed by atoms with Crippen LogP contribution >= 0.6 is 0 Å². The average molecular weight is 384 g/mol. The van der Waals surface area contributed by atoms with Crippen LogP contribution in [-0.4, -0.2) is 16.0 Å². The molecule has 5 rings (SSSR count). The molecule has 4 aromatic rings. The van der Waals surface area contributed by atoms with Crippen LogP contribution < -0.4 is 4.74 Å². The first-order valence-corrected chi connectivity index (χ1v) is 10.1. The first kappa shape index (κ1) is 17.8. The number of para-hydroxylation sites is 1. The molecule has 2 aromatic heterocycles. The SMILES string of the molecule is c1ccc(Oc2cccc([C@H]3c4cccn4CCCN3Cc3ccco3)c2)cc1. The zero-order chi connectivity index (χ0) is 19.5. The molecular weight excluding hydrogens is 360 g/mol. The predicted molar refractivity (Wildman–Crippen MR) is 113 cm³/mol. The van der Waals surface area contributed by atoms with Crippen LogP contribution in [0.4, 0.5) is 0 Å². The summed E-state index contributed by atoms with van der Waals surface area (Å²) in [6.45, 7) is 2.83. The molecule has 0 fully saturated rings. The van der Waals surface area contributed by atoms with Gasteiger partial charge in [-0.3, -0.25) is 4.90 Å². The second-order valence-corrected chi connectivity index (χ2v) is 7.42. The highest BCUT2D eigenvalue weighted by atomic mass is 16.5. The lowest BCUT2D eigenvalue weighted by molar-refractivity contribution is 0.203. The van der Waals surface area contributed by atoms with E-state index in [0.717, 1.165) is 43.3 Å².